The molecule has 0 aliphatic carbocycles. The fourth-order valence-electron chi connectivity index (χ4n) is 1.89. The first kappa shape index (κ1) is 17.4. The molecule has 1 atom stereocenters. The lowest BCUT2D eigenvalue weighted by atomic mass is 9.97. The van der Waals surface area contributed by atoms with Gasteiger partial charge in [0.15, 0.2) is 0 Å². The minimum atomic E-state index is -0.778. The Hall–Kier alpha value is -1.65. The van der Waals surface area contributed by atoms with Crippen LogP contribution in [0.3, 0.4) is 0 Å². The minimum absolute atomic E-state index is 0.0408. The Balaban J connectivity index is 3.14. The van der Waals surface area contributed by atoms with Crippen LogP contribution in [0.2, 0.25) is 0 Å². The van der Waals surface area contributed by atoms with Crippen LogP contribution in [-0.2, 0) is 16.0 Å². The van der Waals surface area contributed by atoms with E-state index in [4.69, 9.17) is 27.9 Å². The maximum Gasteiger partial charge on any atom is 0.330 e. The predicted octanol–water partition coefficient (Wildman–Crippen LogP) is 3.49. The van der Waals surface area contributed by atoms with E-state index in [-0.39, 0.29) is 17.5 Å². The van der Waals surface area contributed by atoms with Gasteiger partial charge in [0.05, 0.1) is 0 Å². The van der Waals surface area contributed by atoms with Crippen molar-refractivity contribution in [2.24, 2.45) is 0 Å². The summed E-state index contributed by atoms with van der Waals surface area (Å²) in [5.41, 5.74) is 0.594. The fraction of sp³-hybridized carbons (Fsp3) is 0.267. The van der Waals surface area contributed by atoms with Crippen LogP contribution in [0.4, 0.5) is 0 Å². The molecule has 0 spiro atoms. The number of esters is 1. The second-order valence-electron chi connectivity index (χ2n) is 4.26. The summed E-state index contributed by atoms with van der Waals surface area (Å²) < 4.78 is 5.16. The van der Waals surface area contributed by atoms with Crippen molar-refractivity contribution in [2.75, 3.05) is 0 Å². The van der Waals surface area contributed by atoms with Gasteiger partial charge in [-0.05, 0) is 41.3 Å². The largest absolute Gasteiger partial charge is 0.459 e. The Labute approximate surface area is 132 Å². The van der Waals surface area contributed by atoms with Crippen LogP contribution in [-0.4, -0.2) is 22.6 Å². The van der Waals surface area contributed by atoms with Gasteiger partial charge in [-0.2, -0.15) is 0 Å². The number of ether oxygens (including phenoxy) is 1. The Morgan fingerprint density at radius 2 is 1.95 bits per heavy atom. The second kappa shape index (κ2) is 7.96. The number of carbonyl (C=O) groups is 3. The van der Waals surface area contributed by atoms with Crippen LogP contribution in [0.1, 0.15) is 39.6 Å². The SMILES string of the molecule is C=CC(=O)OC(CC)Cc1cccc(C(=O)Cl)c1C(=O)Cl. The molecule has 0 aliphatic rings. The number of hydrogen-bond donors (Lipinski definition) is 0. The zero-order valence-electron chi connectivity index (χ0n) is 11.4. The Bertz CT molecular complexity index is 581. The van der Waals surface area contributed by atoms with E-state index >= 15 is 0 Å². The highest BCUT2D eigenvalue weighted by Gasteiger charge is 2.21. The molecule has 1 aromatic carbocycles. The monoisotopic (exact) mass is 328 g/mol. The molecule has 0 fully saturated rings. The molecule has 0 aromatic heterocycles. The van der Waals surface area contributed by atoms with Crippen molar-refractivity contribution in [1.82, 2.24) is 0 Å². The zero-order chi connectivity index (χ0) is 16.0. The summed E-state index contributed by atoms with van der Waals surface area (Å²) >= 11 is 11.0. The van der Waals surface area contributed by atoms with Crippen LogP contribution < -0.4 is 0 Å². The summed E-state index contributed by atoms with van der Waals surface area (Å²) in [7, 11) is 0. The number of hydrogen-bond acceptors (Lipinski definition) is 4. The van der Waals surface area contributed by atoms with Crippen molar-refractivity contribution in [3.05, 3.63) is 47.5 Å². The van der Waals surface area contributed by atoms with E-state index in [0.29, 0.717) is 12.0 Å². The minimum Gasteiger partial charge on any atom is -0.459 e. The molecular formula is C15H14Cl2O4. The molecule has 4 nitrogen and oxygen atoms in total. The van der Waals surface area contributed by atoms with Crippen molar-refractivity contribution in [1.29, 1.82) is 0 Å². The topological polar surface area (TPSA) is 60.4 Å². The molecule has 6 heteroatoms. The van der Waals surface area contributed by atoms with Gasteiger partial charge in [-0.3, -0.25) is 9.59 Å². The van der Waals surface area contributed by atoms with Crippen LogP contribution in [0.25, 0.3) is 0 Å². The van der Waals surface area contributed by atoms with Gasteiger partial charge in [-0.25, -0.2) is 4.79 Å². The van der Waals surface area contributed by atoms with E-state index in [9.17, 15) is 14.4 Å². The predicted molar refractivity (Wildman–Crippen MR) is 80.9 cm³/mol. The molecule has 0 aliphatic heterocycles. The maximum atomic E-state index is 11.6. The molecule has 1 aromatic rings. The third-order valence-electron chi connectivity index (χ3n) is 2.91. The summed E-state index contributed by atoms with van der Waals surface area (Å²) in [5, 5.41) is -1.54. The van der Waals surface area contributed by atoms with Gasteiger partial charge in [0.25, 0.3) is 10.5 Å². The third-order valence-corrected chi connectivity index (χ3v) is 3.30. The smallest absolute Gasteiger partial charge is 0.330 e. The Kier molecular flexibility index (Phi) is 6.59. The van der Waals surface area contributed by atoms with Crippen LogP contribution in [0.5, 0.6) is 0 Å². The fourth-order valence-corrected chi connectivity index (χ4v) is 2.27. The van der Waals surface area contributed by atoms with Gasteiger partial charge in [-0.15, -0.1) is 0 Å². The molecule has 0 heterocycles. The summed E-state index contributed by atoms with van der Waals surface area (Å²) in [5.74, 6) is -0.551. The molecule has 0 N–H and O–H groups in total. The lowest BCUT2D eigenvalue weighted by molar-refractivity contribution is -0.143. The van der Waals surface area contributed by atoms with Gasteiger partial charge in [0.1, 0.15) is 6.10 Å². The van der Waals surface area contributed by atoms with Gasteiger partial charge >= 0.3 is 5.97 Å². The molecule has 0 saturated heterocycles. The Morgan fingerprint density at radius 3 is 2.43 bits per heavy atom. The molecular weight excluding hydrogens is 315 g/mol. The van der Waals surface area contributed by atoms with Gasteiger partial charge in [0, 0.05) is 23.6 Å². The van der Waals surface area contributed by atoms with Crippen molar-refractivity contribution in [2.45, 2.75) is 25.9 Å². The average Bonchev–Trinajstić information content (AvgIpc) is 2.45. The van der Waals surface area contributed by atoms with E-state index in [2.05, 4.69) is 6.58 Å². The van der Waals surface area contributed by atoms with Gasteiger partial charge in [-0.1, -0.05) is 25.6 Å². The second-order valence-corrected chi connectivity index (χ2v) is 4.95. The molecule has 0 radical (unpaired) electrons. The van der Waals surface area contributed by atoms with Crippen molar-refractivity contribution < 1.29 is 19.1 Å². The van der Waals surface area contributed by atoms with Gasteiger partial charge < -0.3 is 4.74 Å². The quantitative estimate of drug-likeness (QED) is 0.436. The summed E-state index contributed by atoms with van der Waals surface area (Å²) in [6.07, 6.45) is 1.40. The van der Waals surface area contributed by atoms with Gasteiger partial charge in [0.2, 0.25) is 0 Å². The van der Waals surface area contributed by atoms with E-state index < -0.39 is 22.6 Å². The first-order valence-electron chi connectivity index (χ1n) is 6.25. The number of benzene rings is 1. The third kappa shape index (κ3) is 4.69. The lowest BCUT2D eigenvalue weighted by Crippen LogP contribution is -2.20. The van der Waals surface area contributed by atoms with E-state index in [1.54, 1.807) is 12.1 Å². The summed E-state index contributed by atoms with van der Waals surface area (Å²) in [4.78, 5) is 34.2. The summed E-state index contributed by atoms with van der Waals surface area (Å²) in [6, 6.07) is 4.66. The highest BCUT2D eigenvalue weighted by atomic mass is 35.5. The van der Waals surface area contributed by atoms with E-state index in [1.165, 1.54) is 6.07 Å². The first-order valence-corrected chi connectivity index (χ1v) is 7.00. The molecule has 0 amide bonds. The first-order chi connectivity index (χ1) is 9.90. The van der Waals surface area contributed by atoms with Crippen LogP contribution in [0.15, 0.2) is 30.9 Å². The zero-order valence-corrected chi connectivity index (χ0v) is 12.9. The highest BCUT2D eigenvalue weighted by molar-refractivity contribution is 6.72. The van der Waals surface area contributed by atoms with Crippen molar-refractivity contribution in [3.63, 3.8) is 0 Å². The number of carbonyl (C=O) groups excluding carboxylic acids is 3. The normalized spacial score (nSPS) is 11.6. The van der Waals surface area contributed by atoms with Crippen molar-refractivity contribution in [3.8, 4) is 0 Å². The highest BCUT2D eigenvalue weighted by Crippen LogP contribution is 2.22. The average molecular weight is 329 g/mol. The number of rotatable bonds is 7. The molecule has 0 saturated carbocycles. The summed E-state index contributed by atoms with van der Waals surface area (Å²) in [6.45, 7) is 5.16. The van der Waals surface area contributed by atoms with E-state index in [1.807, 2.05) is 6.92 Å². The molecule has 1 unspecified atom stereocenters. The molecule has 112 valence electrons. The van der Waals surface area contributed by atoms with Crippen LogP contribution in [0, 0.1) is 0 Å². The maximum absolute atomic E-state index is 11.6. The Morgan fingerprint density at radius 1 is 1.29 bits per heavy atom. The molecule has 21 heavy (non-hydrogen) atoms. The lowest BCUT2D eigenvalue weighted by Gasteiger charge is -2.17. The van der Waals surface area contributed by atoms with Crippen LogP contribution >= 0.6 is 23.2 Å². The van der Waals surface area contributed by atoms with E-state index in [0.717, 1.165) is 6.08 Å². The standard InChI is InChI=1S/C15H14Cl2O4/c1-3-10(21-12(18)4-2)8-9-6-5-7-11(14(16)19)13(9)15(17)20/h4-7,10H,2-3,8H2,1H3. The van der Waals surface area contributed by atoms with Crippen molar-refractivity contribution >= 4 is 39.7 Å². The number of halogens is 2. The molecule has 1 rings (SSSR count). The molecule has 0 bridgehead atoms.